The van der Waals surface area contributed by atoms with Gasteiger partial charge >= 0.3 is 18.2 Å². The highest BCUT2D eigenvalue weighted by atomic mass is 19.4. The molecule has 0 unspecified atom stereocenters. The van der Waals surface area contributed by atoms with Crippen molar-refractivity contribution in [1.29, 1.82) is 0 Å². The Hall–Kier alpha value is -3.03. The summed E-state index contributed by atoms with van der Waals surface area (Å²) in [5.74, 6) is -1.43. The Morgan fingerprint density at radius 3 is 2.31 bits per heavy atom. The fourth-order valence-electron chi connectivity index (χ4n) is 2.34. The van der Waals surface area contributed by atoms with Gasteiger partial charge in [-0.1, -0.05) is 30.3 Å². The lowest BCUT2D eigenvalue weighted by Gasteiger charge is -2.22. The van der Waals surface area contributed by atoms with Crippen molar-refractivity contribution in [3.8, 4) is 0 Å². The normalized spacial score (nSPS) is 11.1. The van der Waals surface area contributed by atoms with Gasteiger partial charge in [-0.05, 0) is 30.7 Å². The third-order valence-electron chi connectivity index (χ3n) is 3.70. The second-order valence-electron chi connectivity index (χ2n) is 5.49. The molecule has 8 heteroatoms. The Morgan fingerprint density at radius 2 is 1.77 bits per heavy atom. The first-order valence-electron chi connectivity index (χ1n) is 7.76. The number of nitrogens with zero attached hydrogens (tertiary/aromatic N) is 1. The van der Waals surface area contributed by atoms with E-state index in [9.17, 15) is 22.8 Å². The molecule has 26 heavy (non-hydrogen) atoms. The quantitative estimate of drug-likeness (QED) is 0.821. The molecule has 0 atom stereocenters. The van der Waals surface area contributed by atoms with Crippen LogP contribution in [0.15, 0.2) is 48.5 Å². The smallest absolute Gasteiger partial charge is 0.416 e. The van der Waals surface area contributed by atoms with Crippen LogP contribution >= 0.6 is 0 Å². The van der Waals surface area contributed by atoms with Crippen molar-refractivity contribution in [2.45, 2.75) is 19.6 Å². The molecule has 0 bridgehead atoms. The number of carbonyl (C=O) groups excluding carboxylic acids is 1. The van der Waals surface area contributed by atoms with E-state index < -0.39 is 35.0 Å². The maximum absolute atomic E-state index is 12.9. The molecule has 2 aromatic carbocycles. The minimum absolute atomic E-state index is 0.241. The van der Waals surface area contributed by atoms with Gasteiger partial charge in [-0.15, -0.1) is 0 Å². The second-order valence-corrected chi connectivity index (χ2v) is 5.49. The number of carboxylic acid groups (broad SMARTS) is 1. The molecule has 0 heterocycles. The van der Waals surface area contributed by atoms with Gasteiger partial charge in [-0.2, -0.15) is 13.2 Å². The molecule has 0 saturated carbocycles. The lowest BCUT2D eigenvalue weighted by molar-refractivity contribution is -0.137. The highest BCUT2D eigenvalue weighted by molar-refractivity contribution is 6.00. The van der Waals surface area contributed by atoms with Crippen LogP contribution < -0.4 is 5.32 Å². The van der Waals surface area contributed by atoms with Gasteiger partial charge in [0.15, 0.2) is 0 Å². The highest BCUT2D eigenvalue weighted by Gasteiger charge is 2.32. The summed E-state index contributed by atoms with van der Waals surface area (Å²) in [5.41, 5.74) is -1.01. The monoisotopic (exact) mass is 366 g/mol. The summed E-state index contributed by atoms with van der Waals surface area (Å²) < 4.78 is 38.6. The number of carbonyl (C=O) groups is 2. The molecule has 0 saturated heterocycles. The van der Waals surface area contributed by atoms with Gasteiger partial charge in [0.2, 0.25) is 0 Å². The van der Waals surface area contributed by atoms with E-state index in [1.807, 2.05) is 18.2 Å². The van der Waals surface area contributed by atoms with E-state index in [0.29, 0.717) is 18.7 Å². The van der Waals surface area contributed by atoms with E-state index in [1.54, 1.807) is 19.1 Å². The molecule has 2 rings (SSSR count). The number of alkyl halides is 3. The fraction of sp³-hybridized carbons (Fsp3) is 0.222. The number of hydrogen-bond acceptors (Lipinski definition) is 2. The van der Waals surface area contributed by atoms with Crippen LogP contribution in [0.4, 0.5) is 23.7 Å². The maximum atomic E-state index is 12.9. The van der Waals surface area contributed by atoms with Crippen LogP contribution in [0.5, 0.6) is 0 Å². The Bertz CT molecular complexity index is 792. The van der Waals surface area contributed by atoms with Crippen molar-refractivity contribution in [3.05, 3.63) is 65.2 Å². The molecule has 0 aliphatic carbocycles. The molecular formula is C18H17F3N2O3. The molecule has 0 aliphatic rings. The number of anilines is 1. The Morgan fingerprint density at radius 1 is 1.12 bits per heavy atom. The van der Waals surface area contributed by atoms with Gasteiger partial charge in [0.25, 0.3) is 0 Å². The predicted molar refractivity (Wildman–Crippen MR) is 89.9 cm³/mol. The summed E-state index contributed by atoms with van der Waals surface area (Å²) >= 11 is 0. The molecule has 0 aromatic heterocycles. The standard InChI is InChI=1S/C18H17F3N2O3/c1-2-23(11-12-6-4-3-5-7-12)17(26)22-15-10-13(18(19,20)21)8-9-14(15)16(24)25/h3-10H,2,11H2,1H3,(H,22,26)(H,24,25). The van der Waals surface area contributed by atoms with Gasteiger partial charge in [0, 0.05) is 13.1 Å². The Kier molecular flexibility index (Phi) is 5.86. The number of carboxylic acids is 1. The number of halogens is 3. The summed E-state index contributed by atoms with van der Waals surface area (Å²) in [4.78, 5) is 25.0. The van der Waals surface area contributed by atoms with Gasteiger partial charge in [-0.3, -0.25) is 0 Å². The van der Waals surface area contributed by atoms with E-state index in [4.69, 9.17) is 5.11 Å². The molecule has 2 N–H and O–H groups in total. The maximum Gasteiger partial charge on any atom is 0.416 e. The number of amides is 2. The molecule has 0 aliphatic heterocycles. The minimum Gasteiger partial charge on any atom is -0.478 e. The topological polar surface area (TPSA) is 69.6 Å². The molecule has 138 valence electrons. The van der Waals surface area contributed by atoms with Crippen molar-refractivity contribution in [1.82, 2.24) is 4.90 Å². The molecular weight excluding hydrogens is 349 g/mol. The molecule has 2 aromatic rings. The van der Waals surface area contributed by atoms with Crippen LogP contribution in [0.25, 0.3) is 0 Å². The zero-order chi connectivity index (χ0) is 19.3. The van der Waals surface area contributed by atoms with Crippen LogP contribution in [0, 0.1) is 0 Å². The van der Waals surface area contributed by atoms with Crippen molar-refractivity contribution in [2.75, 3.05) is 11.9 Å². The molecule has 0 spiro atoms. The molecule has 0 fully saturated rings. The van der Waals surface area contributed by atoms with E-state index >= 15 is 0 Å². The number of rotatable bonds is 5. The van der Waals surface area contributed by atoms with Crippen molar-refractivity contribution in [3.63, 3.8) is 0 Å². The number of nitrogens with one attached hydrogen (secondary N) is 1. The zero-order valence-corrected chi connectivity index (χ0v) is 13.9. The summed E-state index contributed by atoms with van der Waals surface area (Å²) in [7, 11) is 0. The molecule has 5 nitrogen and oxygen atoms in total. The predicted octanol–water partition coefficient (Wildman–Crippen LogP) is 4.46. The average molecular weight is 366 g/mol. The first-order valence-corrected chi connectivity index (χ1v) is 7.76. The van der Waals surface area contributed by atoms with E-state index in [1.165, 1.54) is 4.90 Å². The average Bonchev–Trinajstić information content (AvgIpc) is 2.59. The van der Waals surface area contributed by atoms with Crippen LogP contribution in [0.2, 0.25) is 0 Å². The third kappa shape index (κ3) is 4.75. The van der Waals surface area contributed by atoms with Crippen LogP contribution in [0.3, 0.4) is 0 Å². The van der Waals surface area contributed by atoms with Gasteiger partial charge in [0.1, 0.15) is 0 Å². The lowest BCUT2D eigenvalue weighted by Crippen LogP contribution is -2.34. The fourth-order valence-corrected chi connectivity index (χ4v) is 2.34. The summed E-state index contributed by atoms with van der Waals surface area (Å²) in [6.45, 7) is 2.25. The summed E-state index contributed by atoms with van der Waals surface area (Å²) in [5, 5.41) is 11.4. The highest BCUT2D eigenvalue weighted by Crippen LogP contribution is 2.32. The Labute approximate surface area is 148 Å². The SMILES string of the molecule is CCN(Cc1ccccc1)C(=O)Nc1cc(C(F)(F)F)ccc1C(=O)O. The number of urea groups is 1. The van der Waals surface area contributed by atoms with Crippen molar-refractivity contribution >= 4 is 17.7 Å². The lowest BCUT2D eigenvalue weighted by atomic mass is 10.1. The van der Waals surface area contributed by atoms with E-state index in [-0.39, 0.29) is 6.54 Å². The number of benzene rings is 2. The summed E-state index contributed by atoms with van der Waals surface area (Å²) in [6, 6.07) is 10.5. The van der Waals surface area contributed by atoms with Crippen LogP contribution in [-0.2, 0) is 12.7 Å². The molecule has 2 amide bonds. The molecule has 0 radical (unpaired) electrons. The minimum atomic E-state index is -4.65. The van der Waals surface area contributed by atoms with Crippen LogP contribution in [-0.4, -0.2) is 28.6 Å². The van der Waals surface area contributed by atoms with E-state index in [2.05, 4.69) is 5.32 Å². The van der Waals surface area contributed by atoms with Gasteiger partial charge in [0.05, 0.1) is 16.8 Å². The first kappa shape index (κ1) is 19.3. The number of hydrogen-bond donors (Lipinski definition) is 2. The summed E-state index contributed by atoms with van der Waals surface area (Å²) in [6.07, 6.45) is -4.65. The third-order valence-corrected chi connectivity index (χ3v) is 3.70. The second kappa shape index (κ2) is 7.90. The van der Waals surface area contributed by atoms with Crippen molar-refractivity contribution < 1.29 is 27.9 Å². The first-order chi connectivity index (χ1) is 12.2. The van der Waals surface area contributed by atoms with E-state index in [0.717, 1.165) is 11.6 Å². The number of aromatic carboxylic acids is 1. The Balaban J connectivity index is 2.26. The zero-order valence-electron chi connectivity index (χ0n) is 13.9. The largest absolute Gasteiger partial charge is 0.478 e. The van der Waals surface area contributed by atoms with Crippen LogP contribution in [0.1, 0.15) is 28.4 Å². The van der Waals surface area contributed by atoms with Gasteiger partial charge in [-0.25, -0.2) is 9.59 Å². The van der Waals surface area contributed by atoms with Gasteiger partial charge < -0.3 is 15.3 Å². The van der Waals surface area contributed by atoms with Crippen molar-refractivity contribution in [2.24, 2.45) is 0 Å².